The zero-order valence-electron chi connectivity index (χ0n) is 16.9. The largest absolute Gasteiger partial charge is 0.504 e. The van der Waals surface area contributed by atoms with E-state index in [0.29, 0.717) is 6.07 Å². The van der Waals surface area contributed by atoms with Crippen LogP contribution < -0.4 is 5.32 Å². The summed E-state index contributed by atoms with van der Waals surface area (Å²) in [6.07, 6.45) is -2.85. The van der Waals surface area contributed by atoms with Gasteiger partial charge in [0.1, 0.15) is 17.2 Å². The number of carboxylic acids is 1. The Hall–Kier alpha value is -3.88. The third-order valence-corrected chi connectivity index (χ3v) is 4.90. The van der Waals surface area contributed by atoms with Gasteiger partial charge in [0.2, 0.25) is 0 Å². The molecular formula is C19H14F5N3O6S. The van der Waals surface area contributed by atoms with E-state index in [2.05, 4.69) is 15.3 Å². The summed E-state index contributed by atoms with van der Waals surface area (Å²) in [7, 11) is -3.82. The van der Waals surface area contributed by atoms with Crippen LogP contribution in [0.1, 0.15) is 16.1 Å². The molecule has 182 valence electrons. The van der Waals surface area contributed by atoms with Gasteiger partial charge in [0.25, 0.3) is 5.91 Å². The second kappa shape index (κ2) is 9.94. The predicted octanol–water partition coefficient (Wildman–Crippen LogP) is 2.58. The molecule has 9 nitrogen and oxygen atoms in total. The van der Waals surface area contributed by atoms with Gasteiger partial charge in [-0.05, 0) is 29.8 Å². The smallest absolute Gasteiger partial charge is 0.490 e. The molecule has 1 amide bonds. The Morgan fingerprint density at radius 1 is 1.12 bits per heavy atom. The van der Waals surface area contributed by atoms with Crippen LogP contribution in [0.2, 0.25) is 0 Å². The van der Waals surface area contributed by atoms with Crippen LogP contribution in [0.15, 0.2) is 41.6 Å². The normalized spacial score (nSPS) is 11.5. The molecule has 0 aliphatic carbocycles. The van der Waals surface area contributed by atoms with Gasteiger partial charge in [-0.15, -0.1) is 0 Å². The van der Waals surface area contributed by atoms with E-state index in [1.54, 1.807) is 0 Å². The number of hydrogen-bond donors (Lipinski definition) is 3. The zero-order chi connectivity index (χ0) is 25.8. The molecule has 34 heavy (non-hydrogen) atoms. The highest BCUT2D eigenvalue weighted by Gasteiger charge is 2.38. The maximum atomic E-state index is 13.2. The van der Waals surface area contributed by atoms with E-state index in [4.69, 9.17) is 9.90 Å². The molecule has 1 aromatic carbocycles. The molecule has 0 atom stereocenters. The number of nitrogens with zero attached hydrogens (tertiary/aromatic N) is 2. The first-order valence-electron chi connectivity index (χ1n) is 8.82. The number of rotatable bonds is 4. The van der Waals surface area contributed by atoms with Gasteiger partial charge in [-0.2, -0.15) is 13.2 Å². The molecule has 2 aromatic heterocycles. The summed E-state index contributed by atoms with van der Waals surface area (Å²) in [5.74, 6) is -5.90. The highest BCUT2D eigenvalue weighted by Crippen LogP contribution is 2.30. The fourth-order valence-corrected chi connectivity index (χ4v) is 3.33. The Bertz CT molecular complexity index is 1340. The standard InChI is InChI=1S/C17H13F2N3O4S.C2HF3O2/c1-27(25,26)17-12-3-2-4-20-13(12)15(23)14(22-17)16(24)21-8-9-5-10(18)7-11(19)6-9;3-2(4,5)1(6)7/h2-7,23H,8H2,1H3,(H,21,24);(H,6,7). The number of aromatic hydroxyl groups is 1. The molecule has 0 aliphatic heterocycles. The lowest BCUT2D eigenvalue weighted by atomic mass is 10.2. The third kappa shape index (κ3) is 6.57. The van der Waals surface area contributed by atoms with Crippen molar-refractivity contribution in [3.8, 4) is 5.75 Å². The summed E-state index contributed by atoms with van der Waals surface area (Å²) in [6, 6.07) is 5.62. The van der Waals surface area contributed by atoms with Crippen molar-refractivity contribution in [3.63, 3.8) is 0 Å². The van der Waals surface area contributed by atoms with E-state index in [9.17, 15) is 40.3 Å². The number of aliphatic carboxylic acids is 1. The molecule has 0 aliphatic rings. The van der Waals surface area contributed by atoms with Gasteiger partial charge in [0.05, 0.1) is 0 Å². The number of benzene rings is 1. The van der Waals surface area contributed by atoms with Crippen LogP contribution in [-0.2, 0) is 21.2 Å². The van der Waals surface area contributed by atoms with Crippen LogP contribution in [0.4, 0.5) is 22.0 Å². The van der Waals surface area contributed by atoms with E-state index in [1.807, 2.05) is 0 Å². The average Bonchev–Trinajstić information content (AvgIpc) is 2.70. The summed E-state index contributed by atoms with van der Waals surface area (Å²) in [5.41, 5.74) is -0.518. The molecule has 0 fully saturated rings. The number of carbonyl (C=O) groups is 2. The lowest BCUT2D eigenvalue weighted by molar-refractivity contribution is -0.192. The second-order valence-electron chi connectivity index (χ2n) is 6.55. The number of hydrogen-bond acceptors (Lipinski definition) is 7. The Balaban J connectivity index is 0.000000509. The highest BCUT2D eigenvalue weighted by molar-refractivity contribution is 7.90. The average molecular weight is 507 g/mol. The SMILES string of the molecule is CS(=O)(=O)c1nc(C(=O)NCc2cc(F)cc(F)c2)c(O)c2ncccc12.O=C(O)C(F)(F)F. The first kappa shape index (κ1) is 26.4. The molecule has 2 heterocycles. The van der Waals surface area contributed by atoms with Crippen LogP contribution in [0.25, 0.3) is 10.9 Å². The maximum absolute atomic E-state index is 13.2. The van der Waals surface area contributed by atoms with Crippen molar-refractivity contribution in [2.24, 2.45) is 0 Å². The third-order valence-electron chi connectivity index (χ3n) is 3.88. The van der Waals surface area contributed by atoms with Gasteiger partial charge in [-0.25, -0.2) is 27.0 Å². The minimum absolute atomic E-state index is 0.0706. The van der Waals surface area contributed by atoms with E-state index in [1.165, 1.54) is 18.3 Å². The number of carboxylic acid groups (broad SMARTS) is 1. The van der Waals surface area contributed by atoms with E-state index >= 15 is 0 Å². The van der Waals surface area contributed by atoms with Crippen LogP contribution >= 0.6 is 0 Å². The van der Waals surface area contributed by atoms with E-state index in [-0.39, 0.29) is 23.0 Å². The molecule has 3 N–H and O–H groups in total. The summed E-state index contributed by atoms with van der Waals surface area (Å²) < 4.78 is 82.2. The molecule has 0 saturated heterocycles. The topological polar surface area (TPSA) is 147 Å². The van der Waals surface area contributed by atoms with Crippen molar-refractivity contribution < 1.29 is 50.2 Å². The van der Waals surface area contributed by atoms with E-state index in [0.717, 1.165) is 18.4 Å². The quantitative estimate of drug-likeness (QED) is 0.457. The summed E-state index contributed by atoms with van der Waals surface area (Å²) in [4.78, 5) is 29.0. The number of nitrogens with one attached hydrogen (secondary N) is 1. The molecule has 3 aromatic rings. The van der Waals surface area contributed by atoms with Crippen LogP contribution in [-0.4, -0.2) is 52.9 Å². The molecule has 0 bridgehead atoms. The van der Waals surface area contributed by atoms with Gasteiger partial charge in [0, 0.05) is 30.4 Å². The summed E-state index contributed by atoms with van der Waals surface area (Å²) in [6.45, 7) is -0.261. The number of halogens is 5. The highest BCUT2D eigenvalue weighted by atomic mass is 32.2. The first-order chi connectivity index (χ1) is 15.6. The molecule has 0 spiro atoms. The van der Waals surface area contributed by atoms with E-state index < -0.39 is 56.0 Å². The first-order valence-corrected chi connectivity index (χ1v) is 10.7. The minimum Gasteiger partial charge on any atom is -0.504 e. The van der Waals surface area contributed by atoms with Gasteiger partial charge < -0.3 is 15.5 Å². The Labute approximate surface area is 187 Å². The summed E-state index contributed by atoms with van der Waals surface area (Å²) in [5, 5.41) is 19.4. The maximum Gasteiger partial charge on any atom is 0.490 e. The second-order valence-corrected chi connectivity index (χ2v) is 8.48. The van der Waals surface area contributed by atoms with Crippen molar-refractivity contribution >= 4 is 32.6 Å². The Kier molecular flexibility index (Phi) is 7.71. The number of carbonyl (C=O) groups excluding carboxylic acids is 1. The minimum atomic E-state index is -5.08. The van der Waals surface area contributed by atoms with Gasteiger partial charge in [0.15, 0.2) is 26.3 Å². The van der Waals surface area contributed by atoms with Crippen LogP contribution in [0.3, 0.4) is 0 Å². The van der Waals surface area contributed by atoms with Crippen molar-refractivity contribution in [1.29, 1.82) is 0 Å². The summed E-state index contributed by atoms with van der Waals surface area (Å²) >= 11 is 0. The molecular weight excluding hydrogens is 493 g/mol. The number of amides is 1. The number of fused-ring (bicyclic) bond motifs is 1. The fraction of sp³-hybridized carbons (Fsp3) is 0.158. The van der Waals surface area contributed by atoms with Gasteiger partial charge in [-0.3, -0.25) is 9.78 Å². The van der Waals surface area contributed by atoms with Crippen molar-refractivity contribution in [3.05, 3.63) is 59.4 Å². The van der Waals surface area contributed by atoms with Crippen molar-refractivity contribution in [2.45, 2.75) is 17.7 Å². The number of sulfone groups is 1. The number of pyridine rings is 2. The van der Waals surface area contributed by atoms with Crippen LogP contribution in [0.5, 0.6) is 5.75 Å². The number of alkyl halides is 3. The molecule has 3 rings (SSSR count). The van der Waals surface area contributed by atoms with Gasteiger partial charge in [-0.1, -0.05) is 0 Å². The lowest BCUT2D eigenvalue weighted by Crippen LogP contribution is -2.25. The lowest BCUT2D eigenvalue weighted by Gasteiger charge is -2.11. The molecule has 0 saturated carbocycles. The fourth-order valence-electron chi connectivity index (χ4n) is 2.51. The Morgan fingerprint density at radius 3 is 2.18 bits per heavy atom. The molecule has 0 unspecified atom stereocenters. The van der Waals surface area contributed by atoms with Crippen LogP contribution in [0, 0.1) is 11.6 Å². The van der Waals surface area contributed by atoms with Gasteiger partial charge >= 0.3 is 12.1 Å². The monoisotopic (exact) mass is 507 g/mol. The predicted molar refractivity (Wildman–Crippen MR) is 106 cm³/mol. The molecule has 15 heteroatoms. The number of aromatic nitrogens is 2. The zero-order valence-corrected chi connectivity index (χ0v) is 17.7. The Morgan fingerprint density at radius 2 is 1.68 bits per heavy atom. The van der Waals surface area contributed by atoms with Crippen molar-refractivity contribution in [2.75, 3.05) is 6.26 Å². The molecule has 0 radical (unpaired) electrons. The van der Waals surface area contributed by atoms with Crippen molar-refractivity contribution in [1.82, 2.24) is 15.3 Å².